The van der Waals surface area contributed by atoms with Crippen LogP contribution in [0.25, 0.3) is 0 Å². The van der Waals surface area contributed by atoms with E-state index in [-0.39, 0.29) is 59.1 Å². The van der Waals surface area contributed by atoms with E-state index in [9.17, 15) is 19.8 Å². The van der Waals surface area contributed by atoms with Crippen LogP contribution in [0.15, 0.2) is 24.3 Å². The smallest absolute Gasteiger partial charge is 0.325 e. The third-order valence-electron chi connectivity index (χ3n) is 6.81. The zero-order valence-corrected chi connectivity index (χ0v) is 25.5. The van der Waals surface area contributed by atoms with Gasteiger partial charge in [-0.25, -0.2) is 0 Å². The zero-order chi connectivity index (χ0) is 30.6. The van der Waals surface area contributed by atoms with Crippen LogP contribution in [-0.2, 0) is 42.8 Å². The Morgan fingerprint density at radius 3 is 1.62 bits per heavy atom. The minimum atomic E-state index is -1.11. The number of ether oxygens (including phenoxy) is 1. The third-order valence-corrected chi connectivity index (χ3v) is 6.81. The van der Waals surface area contributed by atoms with E-state index in [1.807, 2.05) is 53.7 Å². The van der Waals surface area contributed by atoms with Gasteiger partial charge in [0.05, 0.1) is 17.8 Å². The first-order valence-corrected chi connectivity index (χ1v) is 13.5. The standard InChI is InChI=1S/C31H47N3O6/c1-29(2,3)21-14-19(16-23(32)27(21)37)10-12-25(35)31(7,8)39-18-34(9)40-26(36)13-11-20-15-22(30(4,5)6)28(38)24(33)17-20/h14-17,37-38H,10-13,18,32-33H2,1-9H3. The number of nitrogens with zero attached hydrogens (tertiary/aromatic N) is 1. The molecule has 0 fully saturated rings. The maximum absolute atomic E-state index is 13.0. The molecular formula is C31H47N3O6. The number of phenolic OH excluding ortho intramolecular Hbond substituents is 2. The van der Waals surface area contributed by atoms with Crippen LogP contribution in [0, 0.1) is 0 Å². The van der Waals surface area contributed by atoms with E-state index in [2.05, 4.69) is 0 Å². The van der Waals surface area contributed by atoms with Gasteiger partial charge in [0, 0.05) is 24.6 Å². The van der Waals surface area contributed by atoms with Crippen LogP contribution in [0.3, 0.4) is 0 Å². The number of nitrogen functional groups attached to an aromatic ring is 2. The van der Waals surface area contributed by atoms with Crippen molar-refractivity contribution in [1.82, 2.24) is 5.06 Å². The number of Topliss-reactive ketones (excluding diaryl/α,β-unsaturated/α-hetero) is 1. The molecule has 0 saturated heterocycles. The summed E-state index contributed by atoms with van der Waals surface area (Å²) >= 11 is 0. The lowest BCUT2D eigenvalue weighted by atomic mass is 9.84. The summed E-state index contributed by atoms with van der Waals surface area (Å²) in [6, 6.07) is 7.09. The summed E-state index contributed by atoms with van der Waals surface area (Å²) in [7, 11) is 1.56. The molecule has 0 unspecified atom stereocenters. The van der Waals surface area contributed by atoms with E-state index in [4.69, 9.17) is 21.0 Å². The summed E-state index contributed by atoms with van der Waals surface area (Å²) in [5.74, 6) is -0.435. The molecule has 0 saturated carbocycles. The summed E-state index contributed by atoms with van der Waals surface area (Å²) in [5, 5.41) is 21.9. The molecule has 0 heterocycles. The van der Waals surface area contributed by atoms with Gasteiger partial charge in [-0.1, -0.05) is 53.7 Å². The first-order chi connectivity index (χ1) is 18.2. The topological polar surface area (TPSA) is 148 Å². The average molecular weight is 558 g/mol. The molecule has 0 aliphatic carbocycles. The van der Waals surface area contributed by atoms with Crippen molar-refractivity contribution in [3.63, 3.8) is 0 Å². The number of hydrogen-bond acceptors (Lipinski definition) is 9. The number of aryl methyl sites for hydroxylation is 2. The second kappa shape index (κ2) is 12.5. The molecule has 2 aromatic rings. The Kier molecular flexibility index (Phi) is 10.3. The molecule has 0 amide bonds. The number of hydrogen-bond donors (Lipinski definition) is 4. The second-order valence-corrected chi connectivity index (χ2v) is 13.0. The van der Waals surface area contributed by atoms with E-state index < -0.39 is 11.6 Å². The van der Waals surface area contributed by atoms with Crippen LogP contribution in [0.1, 0.15) is 90.5 Å². The number of hydroxylamine groups is 2. The number of phenols is 2. The largest absolute Gasteiger partial charge is 0.505 e. The van der Waals surface area contributed by atoms with Crippen LogP contribution in [0.2, 0.25) is 0 Å². The molecule has 6 N–H and O–H groups in total. The minimum absolute atomic E-state index is 0.0646. The summed E-state index contributed by atoms with van der Waals surface area (Å²) in [5.41, 5.74) is 14.0. The first-order valence-electron chi connectivity index (χ1n) is 13.5. The molecule has 0 aromatic heterocycles. The number of aromatic hydroxyl groups is 2. The van der Waals surface area contributed by atoms with Gasteiger partial charge in [0.1, 0.15) is 23.8 Å². The van der Waals surface area contributed by atoms with Gasteiger partial charge in [0.25, 0.3) is 0 Å². The highest BCUT2D eigenvalue weighted by Gasteiger charge is 2.29. The number of carbonyl (C=O) groups is 2. The summed E-state index contributed by atoms with van der Waals surface area (Å²) in [6.07, 6.45) is 1.16. The fourth-order valence-corrected chi connectivity index (χ4v) is 4.25. The van der Waals surface area contributed by atoms with Gasteiger partial charge in [0.15, 0.2) is 5.78 Å². The molecule has 0 radical (unpaired) electrons. The fraction of sp³-hybridized carbons (Fsp3) is 0.548. The molecular weight excluding hydrogens is 510 g/mol. The molecule has 9 heteroatoms. The number of anilines is 2. The summed E-state index contributed by atoms with van der Waals surface area (Å²) in [6.45, 7) is 15.2. The van der Waals surface area contributed by atoms with E-state index in [1.54, 1.807) is 33.0 Å². The van der Waals surface area contributed by atoms with Gasteiger partial charge < -0.3 is 31.3 Å². The van der Waals surface area contributed by atoms with Gasteiger partial charge in [-0.05, 0) is 60.8 Å². The van der Waals surface area contributed by atoms with Crippen molar-refractivity contribution in [3.05, 3.63) is 46.5 Å². The molecule has 9 nitrogen and oxygen atoms in total. The van der Waals surface area contributed by atoms with Crippen LogP contribution in [0.4, 0.5) is 11.4 Å². The van der Waals surface area contributed by atoms with Gasteiger partial charge in [-0.2, -0.15) is 0 Å². The van der Waals surface area contributed by atoms with Gasteiger partial charge >= 0.3 is 5.97 Å². The lowest BCUT2D eigenvalue weighted by Gasteiger charge is -2.27. The summed E-state index contributed by atoms with van der Waals surface area (Å²) < 4.78 is 5.80. The quantitative estimate of drug-likeness (QED) is 0.128. The summed E-state index contributed by atoms with van der Waals surface area (Å²) in [4.78, 5) is 30.7. The average Bonchev–Trinajstić information content (AvgIpc) is 2.82. The van der Waals surface area contributed by atoms with Crippen molar-refractivity contribution < 1.29 is 29.4 Å². The molecule has 0 aliphatic heterocycles. The van der Waals surface area contributed by atoms with Crippen molar-refractivity contribution in [3.8, 4) is 11.5 Å². The number of carbonyl (C=O) groups excluding carboxylic acids is 2. The van der Waals surface area contributed by atoms with Gasteiger partial charge in [-0.3, -0.25) is 9.59 Å². The molecule has 2 rings (SSSR count). The van der Waals surface area contributed by atoms with Crippen LogP contribution in [-0.4, -0.2) is 46.4 Å². The Morgan fingerprint density at radius 2 is 1.20 bits per heavy atom. The second-order valence-electron chi connectivity index (χ2n) is 13.0. The SMILES string of the molecule is CN(COC(C)(C)C(=O)CCc1cc(N)c(O)c(C(C)(C)C)c1)OC(=O)CCc1cc(N)c(O)c(C(C)(C)C)c1. The maximum atomic E-state index is 13.0. The van der Waals surface area contributed by atoms with E-state index >= 15 is 0 Å². The zero-order valence-electron chi connectivity index (χ0n) is 25.5. The minimum Gasteiger partial charge on any atom is -0.505 e. The molecule has 222 valence electrons. The number of ketones is 1. The third kappa shape index (κ3) is 8.86. The van der Waals surface area contributed by atoms with Gasteiger partial charge in [-0.15, -0.1) is 5.06 Å². The molecule has 0 spiro atoms. The van der Waals surface area contributed by atoms with Crippen LogP contribution < -0.4 is 11.5 Å². The number of rotatable bonds is 11. The van der Waals surface area contributed by atoms with Crippen LogP contribution in [0.5, 0.6) is 11.5 Å². The van der Waals surface area contributed by atoms with E-state index in [0.717, 1.165) is 22.3 Å². The van der Waals surface area contributed by atoms with E-state index in [0.29, 0.717) is 12.8 Å². The predicted octanol–water partition coefficient (Wildman–Crippen LogP) is 5.13. The number of benzene rings is 2. The lowest BCUT2D eigenvalue weighted by Crippen LogP contribution is -2.39. The van der Waals surface area contributed by atoms with Crippen molar-refractivity contribution in [2.45, 2.75) is 97.5 Å². The fourth-order valence-electron chi connectivity index (χ4n) is 4.25. The van der Waals surface area contributed by atoms with Crippen molar-refractivity contribution in [2.75, 3.05) is 25.2 Å². The predicted molar refractivity (Wildman–Crippen MR) is 158 cm³/mol. The molecule has 2 aromatic carbocycles. The molecule has 0 bridgehead atoms. The molecule has 40 heavy (non-hydrogen) atoms. The lowest BCUT2D eigenvalue weighted by molar-refractivity contribution is -0.217. The van der Waals surface area contributed by atoms with Crippen molar-refractivity contribution in [1.29, 1.82) is 0 Å². The van der Waals surface area contributed by atoms with Crippen molar-refractivity contribution in [2.24, 2.45) is 0 Å². The van der Waals surface area contributed by atoms with Crippen LogP contribution >= 0.6 is 0 Å². The number of nitrogens with two attached hydrogens (primary N) is 2. The Morgan fingerprint density at radius 1 is 0.775 bits per heavy atom. The maximum Gasteiger partial charge on any atom is 0.325 e. The highest BCUT2D eigenvalue weighted by Crippen LogP contribution is 2.37. The molecule has 0 atom stereocenters. The highest BCUT2D eigenvalue weighted by molar-refractivity contribution is 5.86. The Hall–Kier alpha value is -3.30. The molecule has 0 aliphatic rings. The Labute approximate surface area is 238 Å². The van der Waals surface area contributed by atoms with Crippen molar-refractivity contribution >= 4 is 23.1 Å². The van der Waals surface area contributed by atoms with E-state index in [1.165, 1.54) is 5.06 Å². The monoisotopic (exact) mass is 557 g/mol. The Bertz CT molecular complexity index is 1230. The van der Waals surface area contributed by atoms with Gasteiger partial charge in [0.2, 0.25) is 0 Å². The normalized spacial score (nSPS) is 12.6. The highest BCUT2D eigenvalue weighted by atomic mass is 16.7. The Balaban J connectivity index is 1.89. The first kappa shape index (κ1) is 32.9.